The van der Waals surface area contributed by atoms with Crippen molar-refractivity contribution in [1.82, 2.24) is 10.2 Å². The summed E-state index contributed by atoms with van der Waals surface area (Å²) in [7, 11) is 2.96. The van der Waals surface area contributed by atoms with Crippen molar-refractivity contribution in [1.29, 1.82) is 0 Å². The van der Waals surface area contributed by atoms with Crippen LogP contribution in [0.15, 0.2) is 18.2 Å². The quantitative estimate of drug-likeness (QED) is 0.863. The normalized spacial score (nSPS) is 15.7. The van der Waals surface area contributed by atoms with E-state index >= 15 is 0 Å². The molecule has 126 valence electrons. The van der Waals surface area contributed by atoms with E-state index in [0.717, 1.165) is 0 Å². The summed E-state index contributed by atoms with van der Waals surface area (Å²) in [4.78, 5) is 26.6. The van der Waals surface area contributed by atoms with Crippen molar-refractivity contribution in [3.8, 4) is 11.5 Å². The average Bonchev–Trinajstić information content (AvgIpc) is 2.60. The molecule has 7 heteroatoms. The van der Waals surface area contributed by atoms with Crippen LogP contribution in [-0.2, 0) is 9.53 Å². The Bertz CT molecular complexity index is 547. The van der Waals surface area contributed by atoms with Crippen molar-refractivity contribution in [2.75, 3.05) is 40.5 Å². The molecule has 1 heterocycles. The molecule has 0 bridgehead atoms. The number of morpholine rings is 1. The zero-order valence-corrected chi connectivity index (χ0v) is 13.6. The van der Waals surface area contributed by atoms with Gasteiger partial charge in [0, 0.05) is 13.1 Å². The number of carbonyl (C=O) groups is 2. The van der Waals surface area contributed by atoms with Gasteiger partial charge < -0.3 is 24.4 Å². The Kier molecular flexibility index (Phi) is 5.81. The summed E-state index contributed by atoms with van der Waals surface area (Å²) in [6, 6.07) is 4.43. The predicted molar refractivity (Wildman–Crippen MR) is 83.9 cm³/mol. The molecular weight excluding hydrogens is 300 g/mol. The van der Waals surface area contributed by atoms with E-state index in [1.54, 1.807) is 30.0 Å². The van der Waals surface area contributed by atoms with E-state index in [9.17, 15) is 9.59 Å². The number of amides is 2. The second-order valence-corrected chi connectivity index (χ2v) is 5.17. The summed E-state index contributed by atoms with van der Waals surface area (Å²) < 4.78 is 15.7. The van der Waals surface area contributed by atoms with E-state index < -0.39 is 11.9 Å². The largest absolute Gasteiger partial charge is 0.496 e. The van der Waals surface area contributed by atoms with Gasteiger partial charge in [0.25, 0.3) is 5.91 Å². The molecule has 0 radical (unpaired) electrons. The highest BCUT2D eigenvalue weighted by Gasteiger charge is 2.26. The first-order valence-electron chi connectivity index (χ1n) is 7.47. The second kappa shape index (κ2) is 7.82. The second-order valence-electron chi connectivity index (χ2n) is 5.17. The van der Waals surface area contributed by atoms with Gasteiger partial charge in [0.05, 0.1) is 27.4 Å². The molecule has 1 atom stereocenters. The molecule has 1 aliphatic heterocycles. The van der Waals surface area contributed by atoms with Crippen LogP contribution in [0.2, 0.25) is 0 Å². The fourth-order valence-electron chi connectivity index (χ4n) is 2.46. The lowest BCUT2D eigenvalue weighted by Gasteiger charge is -2.29. The van der Waals surface area contributed by atoms with Crippen LogP contribution >= 0.6 is 0 Å². The number of ether oxygens (including phenoxy) is 3. The van der Waals surface area contributed by atoms with Crippen molar-refractivity contribution in [2.24, 2.45) is 0 Å². The molecular formula is C16H22N2O5. The van der Waals surface area contributed by atoms with Gasteiger partial charge in [-0.3, -0.25) is 9.59 Å². The van der Waals surface area contributed by atoms with Crippen LogP contribution in [0.5, 0.6) is 11.5 Å². The van der Waals surface area contributed by atoms with Crippen LogP contribution in [0, 0.1) is 0 Å². The maximum Gasteiger partial charge on any atom is 0.259 e. The van der Waals surface area contributed by atoms with Crippen molar-refractivity contribution < 1.29 is 23.8 Å². The third-order valence-electron chi connectivity index (χ3n) is 3.70. The van der Waals surface area contributed by atoms with E-state index in [1.165, 1.54) is 14.2 Å². The fourth-order valence-corrected chi connectivity index (χ4v) is 2.46. The number of nitrogens with zero attached hydrogens (tertiary/aromatic N) is 1. The summed E-state index contributed by atoms with van der Waals surface area (Å²) in [6.45, 7) is 3.78. The highest BCUT2D eigenvalue weighted by atomic mass is 16.5. The number of benzene rings is 1. The first-order valence-corrected chi connectivity index (χ1v) is 7.47. The van der Waals surface area contributed by atoms with Gasteiger partial charge in [0.15, 0.2) is 0 Å². The summed E-state index contributed by atoms with van der Waals surface area (Å²) >= 11 is 0. The zero-order chi connectivity index (χ0) is 16.8. The van der Waals surface area contributed by atoms with Crippen molar-refractivity contribution in [3.63, 3.8) is 0 Å². The molecule has 1 fully saturated rings. The number of hydrogen-bond donors (Lipinski definition) is 1. The molecule has 2 amide bonds. The topological polar surface area (TPSA) is 77.1 Å². The molecule has 0 spiro atoms. The molecule has 23 heavy (non-hydrogen) atoms. The Hall–Kier alpha value is -2.28. The molecule has 0 saturated carbocycles. The lowest BCUT2D eigenvalue weighted by atomic mass is 10.1. The van der Waals surface area contributed by atoms with Gasteiger partial charge in [-0.25, -0.2) is 0 Å². The third kappa shape index (κ3) is 3.92. The van der Waals surface area contributed by atoms with Gasteiger partial charge in [-0.2, -0.15) is 0 Å². The van der Waals surface area contributed by atoms with Gasteiger partial charge in [-0.1, -0.05) is 6.07 Å². The highest BCUT2D eigenvalue weighted by Crippen LogP contribution is 2.28. The number of rotatable bonds is 5. The zero-order valence-electron chi connectivity index (χ0n) is 13.6. The van der Waals surface area contributed by atoms with Crippen LogP contribution < -0.4 is 14.8 Å². The fraction of sp³-hybridized carbons (Fsp3) is 0.500. The van der Waals surface area contributed by atoms with Gasteiger partial charge >= 0.3 is 0 Å². The third-order valence-corrected chi connectivity index (χ3v) is 3.70. The maximum absolute atomic E-state index is 12.5. The van der Waals surface area contributed by atoms with Gasteiger partial charge in [0.2, 0.25) is 5.91 Å². The van der Waals surface area contributed by atoms with Crippen LogP contribution in [0.4, 0.5) is 0 Å². The minimum atomic E-state index is -0.643. The summed E-state index contributed by atoms with van der Waals surface area (Å²) in [5.74, 6) is 0.254. The molecule has 1 saturated heterocycles. The van der Waals surface area contributed by atoms with Crippen LogP contribution in [0.1, 0.15) is 17.3 Å². The summed E-state index contributed by atoms with van der Waals surface area (Å²) in [6.07, 6.45) is 0. The predicted octanol–water partition coefficient (Wildman–Crippen LogP) is 0.681. The number of nitrogens with one attached hydrogen (secondary N) is 1. The van der Waals surface area contributed by atoms with Crippen LogP contribution in [0.25, 0.3) is 0 Å². The molecule has 0 unspecified atom stereocenters. The van der Waals surface area contributed by atoms with Crippen molar-refractivity contribution >= 4 is 11.8 Å². The number of hydrogen-bond acceptors (Lipinski definition) is 5. The van der Waals surface area contributed by atoms with E-state index in [4.69, 9.17) is 14.2 Å². The van der Waals surface area contributed by atoms with Gasteiger partial charge in [0.1, 0.15) is 23.1 Å². The van der Waals surface area contributed by atoms with Crippen LogP contribution in [-0.4, -0.2) is 63.3 Å². The highest BCUT2D eigenvalue weighted by molar-refractivity contribution is 6.01. The standard InChI is InChI=1S/C16H22N2O5/c1-11(16(20)18-7-9-23-10-8-18)17-15(19)14-12(21-2)5-4-6-13(14)22-3/h4-6,11H,7-10H2,1-3H3,(H,17,19)/t11-/m0/s1. The average molecular weight is 322 g/mol. The van der Waals surface area contributed by atoms with E-state index in [1.807, 2.05) is 0 Å². The minimum absolute atomic E-state index is 0.129. The summed E-state index contributed by atoms with van der Waals surface area (Å²) in [5.41, 5.74) is 0.277. The lowest BCUT2D eigenvalue weighted by molar-refractivity contribution is -0.136. The molecule has 0 aromatic heterocycles. The molecule has 7 nitrogen and oxygen atoms in total. The van der Waals surface area contributed by atoms with Gasteiger partial charge in [-0.05, 0) is 19.1 Å². The first kappa shape index (κ1) is 17.1. The lowest BCUT2D eigenvalue weighted by Crippen LogP contribution is -2.50. The maximum atomic E-state index is 12.5. The van der Waals surface area contributed by atoms with Crippen molar-refractivity contribution in [2.45, 2.75) is 13.0 Å². The molecule has 1 aromatic carbocycles. The molecule has 0 aliphatic carbocycles. The molecule has 1 aromatic rings. The van der Waals surface area contributed by atoms with Crippen LogP contribution in [0.3, 0.4) is 0 Å². The Morgan fingerprint density at radius 3 is 2.26 bits per heavy atom. The Labute approximate surface area is 135 Å². The Balaban J connectivity index is 2.10. The number of methoxy groups -OCH3 is 2. The monoisotopic (exact) mass is 322 g/mol. The Morgan fingerprint density at radius 2 is 1.74 bits per heavy atom. The SMILES string of the molecule is COc1cccc(OC)c1C(=O)N[C@@H](C)C(=O)N1CCOCC1. The first-order chi connectivity index (χ1) is 11.1. The molecule has 1 N–H and O–H groups in total. The minimum Gasteiger partial charge on any atom is -0.496 e. The molecule has 2 rings (SSSR count). The summed E-state index contributed by atoms with van der Waals surface area (Å²) in [5, 5.41) is 2.71. The molecule has 1 aliphatic rings. The van der Waals surface area contributed by atoms with E-state index in [0.29, 0.717) is 37.8 Å². The van der Waals surface area contributed by atoms with Gasteiger partial charge in [-0.15, -0.1) is 0 Å². The van der Waals surface area contributed by atoms with E-state index in [-0.39, 0.29) is 11.5 Å². The van der Waals surface area contributed by atoms with Crippen molar-refractivity contribution in [3.05, 3.63) is 23.8 Å². The smallest absolute Gasteiger partial charge is 0.259 e. The number of carbonyl (C=O) groups excluding carboxylic acids is 2. The Morgan fingerprint density at radius 1 is 1.17 bits per heavy atom. The van der Waals surface area contributed by atoms with E-state index in [2.05, 4.69) is 5.32 Å².